The Bertz CT molecular complexity index is 1260. The molecule has 0 spiro atoms. The third kappa shape index (κ3) is 20.2. The number of nitrogens with zero attached hydrogens (tertiary/aromatic N) is 1. The highest BCUT2D eigenvalue weighted by molar-refractivity contribution is 5.36. The molecule has 0 amide bonds. The van der Waals surface area contributed by atoms with Crippen molar-refractivity contribution in [3.05, 3.63) is 90.0 Å². The van der Waals surface area contributed by atoms with Gasteiger partial charge in [-0.1, -0.05) is 126 Å². The highest BCUT2D eigenvalue weighted by atomic mass is 16.5. The van der Waals surface area contributed by atoms with Crippen molar-refractivity contribution in [1.29, 1.82) is 0 Å². The maximum Gasteiger partial charge on any atom is 0.122 e. The summed E-state index contributed by atoms with van der Waals surface area (Å²) in [7, 11) is 0. The molecule has 0 aromatic heterocycles. The van der Waals surface area contributed by atoms with Crippen LogP contribution >= 0.6 is 0 Å². The Morgan fingerprint density at radius 2 is 1.04 bits per heavy atom. The zero-order valence-electron chi connectivity index (χ0n) is 31.8. The van der Waals surface area contributed by atoms with Gasteiger partial charge in [-0.2, -0.15) is 0 Å². The van der Waals surface area contributed by atoms with Crippen LogP contribution in [0.5, 0.6) is 17.2 Å². The largest absolute Gasteiger partial charge is 0.491 e. The van der Waals surface area contributed by atoms with Gasteiger partial charge in [0.2, 0.25) is 0 Å². The topological polar surface area (TPSA) is 101 Å². The molecule has 8 nitrogen and oxygen atoms in total. The van der Waals surface area contributed by atoms with Gasteiger partial charge in [-0.3, -0.25) is 4.90 Å². The van der Waals surface area contributed by atoms with E-state index in [1.165, 1.54) is 88.2 Å². The summed E-state index contributed by atoms with van der Waals surface area (Å²) >= 11 is 0. The molecule has 0 fully saturated rings. The SMILES string of the molecule is CCCCCCCCCCCCCCCc1cc(OCC(O)COc2ccccc2)ccc1CN(CCO)CCOCC(O)COc1ccccc1. The fraction of sp³-hybridized carbons (Fsp3) is 0.591. The molecule has 2 atom stereocenters. The minimum absolute atomic E-state index is 0.0475. The average molecular weight is 722 g/mol. The van der Waals surface area contributed by atoms with Crippen LogP contribution in [0, 0.1) is 0 Å². The zero-order chi connectivity index (χ0) is 36.9. The fourth-order valence-corrected chi connectivity index (χ4v) is 6.18. The van der Waals surface area contributed by atoms with Crippen LogP contribution in [0.25, 0.3) is 0 Å². The van der Waals surface area contributed by atoms with E-state index < -0.39 is 12.2 Å². The molecule has 3 rings (SSSR count). The highest BCUT2D eigenvalue weighted by Gasteiger charge is 2.13. The van der Waals surface area contributed by atoms with Gasteiger partial charge in [0, 0.05) is 19.6 Å². The van der Waals surface area contributed by atoms with E-state index in [2.05, 4.69) is 24.0 Å². The molecule has 3 N–H and O–H groups in total. The van der Waals surface area contributed by atoms with Gasteiger partial charge in [-0.25, -0.2) is 0 Å². The molecule has 52 heavy (non-hydrogen) atoms. The van der Waals surface area contributed by atoms with Crippen LogP contribution in [0.3, 0.4) is 0 Å². The number of hydrogen-bond acceptors (Lipinski definition) is 8. The Morgan fingerprint density at radius 1 is 0.538 bits per heavy atom. The van der Waals surface area contributed by atoms with Crippen molar-refractivity contribution < 1.29 is 34.3 Å². The van der Waals surface area contributed by atoms with Gasteiger partial charge in [-0.05, 0) is 60.4 Å². The van der Waals surface area contributed by atoms with Crippen molar-refractivity contribution in [3.8, 4) is 17.2 Å². The summed E-state index contributed by atoms with van der Waals surface area (Å²) < 4.78 is 23.2. The minimum atomic E-state index is -0.757. The molecule has 0 saturated carbocycles. The van der Waals surface area contributed by atoms with Crippen molar-refractivity contribution in [2.45, 2.75) is 116 Å². The van der Waals surface area contributed by atoms with E-state index in [0.717, 1.165) is 30.1 Å². The first-order chi connectivity index (χ1) is 25.6. The second-order valence-corrected chi connectivity index (χ2v) is 13.9. The lowest BCUT2D eigenvalue weighted by atomic mass is 9.99. The number of aliphatic hydroxyl groups excluding tert-OH is 3. The fourth-order valence-electron chi connectivity index (χ4n) is 6.18. The van der Waals surface area contributed by atoms with Gasteiger partial charge in [0.05, 0.1) is 19.8 Å². The lowest BCUT2D eigenvalue weighted by Gasteiger charge is -2.24. The first-order valence-corrected chi connectivity index (χ1v) is 19.9. The number of rotatable bonds is 32. The predicted molar refractivity (Wildman–Crippen MR) is 210 cm³/mol. The average Bonchev–Trinajstić information content (AvgIpc) is 3.17. The molecule has 0 saturated heterocycles. The van der Waals surface area contributed by atoms with Crippen LogP contribution in [0.4, 0.5) is 0 Å². The quantitative estimate of drug-likeness (QED) is 0.0553. The van der Waals surface area contributed by atoms with E-state index in [4.69, 9.17) is 18.9 Å². The number of ether oxygens (including phenoxy) is 4. The van der Waals surface area contributed by atoms with Gasteiger partial charge >= 0.3 is 0 Å². The Morgan fingerprint density at radius 3 is 1.58 bits per heavy atom. The molecule has 0 heterocycles. The van der Waals surface area contributed by atoms with Crippen LogP contribution in [0.15, 0.2) is 78.9 Å². The van der Waals surface area contributed by atoms with Gasteiger partial charge in [0.1, 0.15) is 49.3 Å². The summed E-state index contributed by atoms with van der Waals surface area (Å²) in [6.45, 7) is 5.21. The molecular formula is C44H67NO7. The van der Waals surface area contributed by atoms with E-state index in [9.17, 15) is 15.3 Å². The van der Waals surface area contributed by atoms with Crippen molar-refractivity contribution in [2.75, 3.05) is 52.7 Å². The van der Waals surface area contributed by atoms with Crippen LogP contribution in [0.2, 0.25) is 0 Å². The Labute approximate surface area is 314 Å². The molecule has 0 aliphatic heterocycles. The molecule has 290 valence electrons. The number of hydrogen-bond donors (Lipinski definition) is 3. The highest BCUT2D eigenvalue weighted by Crippen LogP contribution is 2.23. The lowest BCUT2D eigenvalue weighted by molar-refractivity contribution is 0.00401. The summed E-state index contributed by atoms with van der Waals surface area (Å²) in [6.07, 6.45) is 16.6. The second kappa shape index (κ2) is 28.4. The molecular weight excluding hydrogens is 654 g/mol. The summed E-state index contributed by atoms with van der Waals surface area (Å²) in [4.78, 5) is 2.18. The van der Waals surface area contributed by atoms with Gasteiger partial charge in [0.25, 0.3) is 0 Å². The standard InChI is InChI=1S/C44H67NO7/c1-2-3-4-5-6-7-8-9-10-11-12-13-16-21-38-32-44(52-37-41(48)36-51-43-24-19-15-20-25-43)27-26-39(38)33-45(28-30-46)29-31-49-34-40(47)35-50-42-22-17-14-18-23-42/h14-15,17-20,22-27,32,40-41,46-48H,2-13,16,21,28-31,33-37H2,1H3. The Hall–Kier alpha value is -3.14. The molecule has 3 aromatic rings. The second-order valence-electron chi connectivity index (χ2n) is 13.9. The summed E-state index contributed by atoms with van der Waals surface area (Å²) in [6, 6.07) is 25.1. The van der Waals surface area contributed by atoms with Crippen molar-refractivity contribution in [1.82, 2.24) is 4.90 Å². The van der Waals surface area contributed by atoms with Crippen molar-refractivity contribution >= 4 is 0 Å². The van der Waals surface area contributed by atoms with Gasteiger partial charge in [-0.15, -0.1) is 0 Å². The van der Waals surface area contributed by atoms with E-state index in [0.29, 0.717) is 26.2 Å². The minimum Gasteiger partial charge on any atom is -0.491 e. The van der Waals surface area contributed by atoms with E-state index >= 15 is 0 Å². The summed E-state index contributed by atoms with van der Waals surface area (Å²) in [5.41, 5.74) is 2.43. The molecule has 8 heteroatoms. The molecule has 3 aromatic carbocycles. The summed E-state index contributed by atoms with van der Waals surface area (Å²) in [5.74, 6) is 2.17. The number of para-hydroxylation sites is 2. The number of unbranched alkanes of at least 4 members (excludes halogenated alkanes) is 12. The number of aliphatic hydroxyl groups is 3. The molecule has 0 aliphatic rings. The van der Waals surface area contributed by atoms with Gasteiger partial charge < -0.3 is 34.3 Å². The van der Waals surface area contributed by atoms with E-state index in [-0.39, 0.29) is 33.0 Å². The molecule has 0 bridgehead atoms. The maximum atomic E-state index is 10.5. The van der Waals surface area contributed by atoms with E-state index in [1.807, 2.05) is 66.7 Å². The van der Waals surface area contributed by atoms with Crippen LogP contribution in [-0.4, -0.2) is 85.2 Å². The van der Waals surface area contributed by atoms with Crippen molar-refractivity contribution in [3.63, 3.8) is 0 Å². The first kappa shape index (κ1) is 43.3. The smallest absolute Gasteiger partial charge is 0.122 e. The lowest BCUT2D eigenvalue weighted by Crippen LogP contribution is -2.32. The van der Waals surface area contributed by atoms with Crippen LogP contribution < -0.4 is 14.2 Å². The zero-order valence-corrected chi connectivity index (χ0v) is 31.8. The van der Waals surface area contributed by atoms with Gasteiger partial charge in [0.15, 0.2) is 0 Å². The third-order valence-electron chi connectivity index (χ3n) is 9.21. The number of aryl methyl sites for hydroxylation is 1. The van der Waals surface area contributed by atoms with E-state index in [1.54, 1.807) is 0 Å². The third-order valence-corrected chi connectivity index (χ3v) is 9.21. The normalized spacial score (nSPS) is 12.6. The summed E-state index contributed by atoms with van der Waals surface area (Å²) in [5, 5.41) is 30.7. The van der Waals surface area contributed by atoms with Crippen LogP contribution in [-0.2, 0) is 17.7 Å². The number of benzene rings is 3. The molecule has 0 radical (unpaired) electrons. The first-order valence-electron chi connectivity index (χ1n) is 19.9. The predicted octanol–water partition coefficient (Wildman–Crippen LogP) is 8.39. The Balaban J connectivity index is 1.46. The van der Waals surface area contributed by atoms with Crippen molar-refractivity contribution in [2.24, 2.45) is 0 Å². The monoisotopic (exact) mass is 721 g/mol. The molecule has 0 aliphatic carbocycles. The van der Waals surface area contributed by atoms with Crippen LogP contribution in [0.1, 0.15) is 102 Å². The maximum absolute atomic E-state index is 10.5. The Kier molecular flexibility index (Phi) is 23.6. The molecule has 2 unspecified atom stereocenters.